The summed E-state index contributed by atoms with van der Waals surface area (Å²) in [6.45, 7) is 1.74. The summed E-state index contributed by atoms with van der Waals surface area (Å²) in [4.78, 5) is 0. The molecule has 0 aromatic heterocycles. The smallest absolute Gasteiger partial charge is 0.129 e. The first-order valence-corrected chi connectivity index (χ1v) is 6.83. The van der Waals surface area contributed by atoms with Gasteiger partial charge in [0.2, 0.25) is 0 Å². The fourth-order valence-electron chi connectivity index (χ4n) is 2.52. The number of rotatable bonds is 5. The fourth-order valence-corrected chi connectivity index (χ4v) is 2.52. The van der Waals surface area contributed by atoms with E-state index in [9.17, 15) is 13.9 Å². The minimum atomic E-state index is -0.894. The van der Waals surface area contributed by atoms with Gasteiger partial charge in [-0.2, -0.15) is 0 Å². The molecule has 0 radical (unpaired) electrons. The van der Waals surface area contributed by atoms with E-state index in [1.54, 1.807) is 0 Å². The SMILES string of the molecule is Cc1cccc(C(CN)(CO)Cc2c(F)cccc2F)c1. The van der Waals surface area contributed by atoms with Gasteiger partial charge in [0, 0.05) is 17.5 Å². The third-order valence-corrected chi connectivity index (χ3v) is 3.90. The second kappa shape index (κ2) is 6.33. The van der Waals surface area contributed by atoms with Crippen LogP contribution < -0.4 is 5.73 Å². The lowest BCUT2D eigenvalue weighted by atomic mass is 9.75. The van der Waals surface area contributed by atoms with Gasteiger partial charge < -0.3 is 10.8 Å². The molecule has 2 nitrogen and oxygen atoms in total. The average molecular weight is 291 g/mol. The largest absolute Gasteiger partial charge is 0.395 e. The predicted octanol–water partition coefficient (Wildman–Crippen LogP) is 2.70. The molecule has 2 aromatic rings. The molecule has 1 atom stereocenters. The van der Waals surface area contributed by atoms with E-state index >= 15 is 0 Å². The van der Waals surface area contributed by atoms with Gasteiger partial charge in [-0.15, -0.1) is 0 Å². The molecule has 4 heteroatoms. The van der Waals surface area contributed by atoms with E-state index in [0.29, 0.717) is 0 Å². The van der Waals surface area contributed by atoms with Crippen molar-refractivity contribution in [2.45, 2.75) is 18.8 Å². The molecule has 0 fully saturated rings. The lowest BCUT2D eigenvalue weighted by molar-refractivity contribution is 0.194. The fraction of sp³-hybridized carbons (Fsp3) is 0.294. The predicted molar refractivity (Wildman–Crippen MR) is 79.1 cm³/mol. The van der Waals surface area contributed by atoms with E-state index in [4.69, 9.17) is 5.73 Å². The van der Waals surface area contributed by atoms with E-state index in [1.807, 2.05) is 31.2 Å². The maximum atomic E-state index is 13.9. The van der Waals surface area contributed by atoms with Gasteiger partial charge in [-0.3, -0.25) is 0 Å². The number of hydrogen-bond acceptors (Lipinski definition) is 2. The maximum Gasteiger partial charge on any atom is 0.129 e. The Hall–Kier alpha value is -1.78. The molecule has 1 unspecified atom stereocenters. The number of nitrogens with two attached hydrogens (primary N) is 1. The standard InChI is InChI=1S/C17H19F2NO/c1-12-4-2-5-13(8-12)17(10-20,11-21)9-14-15(18)6-3-7-16(14)19/h2-8,21H,9-11,20H2,1H3. The van der Waals surface area contributed by atoms with Gasteiger partial charge in [-0.25, -0.2) is 8.78 Å². The molecule has 0 aliphatic carbocycles. The molecule has 0 saturated heterocycles. The van der Waals surface area contributed by atoms with Crippen molar-refractivity contribution in [2.75, 3.05) is 13.2 Å². The summed E-state index contributed by atoms with van der Waals surface area (Å²) in [6.07, 6.45) is 0.0158. The summed E-state index contributed by atoms with van der Waals surface area (Å²) < 4.78 is 27.8. The molecular weight excluding hydrogens is 272 g/mol. The zero-order chi connectivity index (χ0) is 15.5. The lowest BCUT2D eigenvalue weighted by Crippen LogP contribution is -2.41. The number of benzene rings is 2. The summed E-state index contributed by atoms with van der Waals surface area (Å²) in [7, 11) is 0. The van der Waals surface area contributed by atoms with Crippen LogP contribution in [0, 0.1) is 18.6 Å². The molecular formula is C17H19F2NO. The maximum absolute atomic E-state index is 13.9. The topological polar surface area (TPSA) is 46.2 Å². The van der Waals surface area contributed by atoms with Crippen LogP contribution in [0.25, 0.3) is 0 Å². The van der Waals surface area contributed by atoms with Gasteiger partial charge in [0.25, 0.3) is 0 Å². The molecule has 0 heterocycles. The molecule has 0 bridgehead atoms. The summed E-state index contributed by atoms with van der Waals surface area (Å²) in [5.41, 5.74) is 6.70. The quantitative estimate of drug-likeness (QED) is 0.889. The normalized spacial score (nSPS) is 14.0. The van der Waals surface area contributed by atoms with Crippen LogP contribution in [0.1, 0.15) is 16.7 Å². The van der Waals surface area contributed by atoms with Gasteiger partial charge in [-0.05, 0) is 31.0 Å². The molecule has 3 N–H and O–H groups in total. The molecule has 0 aliphatic rings. The highest BCUT2D eigenvalue weighted by Crippen LogP contribution is 2.30. The Morgan fingerprint density at radius 3 is 2.24 bits per heavy atom. The molecule has 0 aliphatic heterocycles. The highest BCUT2D eigenvalue weighted by atomic mass is 19.1. The van der Waals surface area contributed by atoms with Gasteiger partial charge in [-0.1, -0.05) is 35.9 Å². The van der Waals surface area contributed by atoms with Crippen molar-refractivity contribution in [3.8, 4) is 0 Å². The molecule has 2 aromatic carbocycles. The van der Waals surface area contributed by atoms with Gasteiger partial charge >= 0.3 is 0 Å². The van der Waals surface area contributed by atoms with Crippen LogP contribution in [-0.2, 0) is 11.8 Å². The number of aryl methyl sites for hydroxylation is 1. The Labute approximate surface area is 123 Å². The molecule has 112 valence electrons. The van der Waals surface area contributed by atoms with Crippen molar-refractivity contribution in [2.24, 2.45) is 5.73 Å². The van der Waals surface area contributed by atoms with Crippen molar-refractivity contribution >= 4 is 0 Å². The molecule has 2 rings (SSSR count). The number of aliphatic hydroxyl groups is 1. The van der Waals surface area contributed by atoms with Crippen LogP contribution in [-0.4, -0.2) is 18.3 Å². The zero-order valence-electron chi connectivity index (χ0n) is 11.9. The van der Waals surface area contributed by atoms with Crippen LogP contribution in [0.3, 0.4) is 0 Å². The number of aliphatic hydroxyl groups excluding tert-OH is 1. The first kappa shape index (κ1) is 15.6. The second-order valence-electron chi connectivity index (χ2n) is 5.39. The highest BCUT2D eigenvalue weighted by molar-refractivity contribution is 5.34. The van der Waals surface area contributed by atoms with Crippen LogP contribution in [0.15, 0.2) is 42.5 Å². The summed E-state index contributed by atoms with van der Waals surface area (Å²) >= 11 is 0. The zero-order valence-corrected chi connectivity index (χ0v) is 11.9. The van der Waals surface area contributed by atoms with Crippen LogP contribution in [0.5, 0.6) is 0 Å². The Morgan fingerprint density at radius 2 is 1.71 bits per heavy atom. The van der Waals surface area contributed by atoms with E-state index in [1.165, 1.54) is 18.2 Å². The van der Waals surface area contributed by atoms with Crippen LogP contribution in [0.2, 0.25) is 0 Å². The Bertz CT molecular complexity index is 604. The van der Waals surface area contributed by atoms with Gasteiger partial charge in [0.15, 0.2) is 0 Å². The molecule has 0 saturated carbocycles. The lowest BCUT2D eigenvalue weighted by Gasteiger charge is -2.32. The van der Waals surface area contributed by atoms with E-state index in [2.05, 4.69) is 0 Å². The van der Waals surface area contributed by atoms with E-state index in [-0.39, 0.29) is 25.1 Å². The molecule has 0 spiro atoms. The second-order valence-corrected chi connectivity index (χ2v) is 5.39. The Morgan fingerprint density at radius 1 is 1.10 bits per heavy atom. The van der Waals surface area contributed by atoms with Crippen LogP contribution in [0.4, 0.5) is 8.78 Å². The monoisotopic (exact) mass is 291 g/mol. The molecule has 21 heavy (non-hydrogen) atoms. The summed E-state index contributed by atoms with van der Waals surface area (Å²) in [5.74, 6) is -1.23. The first-order chi connectivity index (χ1) is 10.0. The first-order valence-electron chi connectivity index (χ1n) is 6.83. The van der Waals surface area contributed by atoms with Crippen molar-refractivity contribution < 1.29 is 13.9 Å². The minimum absolute atomic E-state index is 0.0158. The number of halogens is 2. The Kier molecular flexibility index (Phi) is 4.70. The molecule has 0 amide bonds. The van der Waals surface area contributed by atoms with Crippen molar-refractivity contribution in [1.29, 1.82) is 0 Å². The number of hydrogen-bond donors (Lipinski definition) is 2. The van der Waals surface area contributed by atoms with Gasteiger partial charge in [0.05, 0.1) is 6.61 Å². The summed E-state index contributed by atoms with van der Waals surface area (Å²) in [5, 5.41) is 9.84. The van der Waals surface area contributed by atoms with E-state index < -0.39 is 17.0 Å². The van der Waals surface area contributed by atoms with Crippen molar-refractivity contribution in [3.63, 3.8) is 0 Å². The third-order valence-electron chi connectivity index (χ3n) is 3.90. The highest BCUT2D eigenvalue weighted by Gasteiger charge is 2.32. The van der Waals surface area contributed by atoms with Crippen molar-refractivity contribution in [1.82, 2.24) is 0 Å². The minimum Gasteiger partial charge on any atom is -0.395 e. The van der Waals surface area contributed by atoms with Crippen LogP contribution >= 0.6 is 0 Å². The van der Waals surface area contributed by atoms with Crippen molar-refractivity contribution in [3.05, 3.63) is 70.8 Å². The summed E-state index contributed by atoms with van der Waals surface area (Å²) in [6, 6.07) is 11.2. The third kappa shape index (κ3) is 3.12. The average Bonchev–Trinajstić information content (AvgIpc) is 2.48. The Balaban J connectivity index is 2.48. The van der Waals surface area contributed by atoms with Gasteiger partial charge in [0.1, 0.15) is 11.6 Å². The van der Waals surface area contributed by atoms with E-state index in [0.717, 1.165) is 11.1 Å².